The zero-order valence-corrected chi connectivity index (χ0v) is 18.0. The summed E-state index contributed by atoms with van der Waals surface area (Å²) in [6.07, 6.45) is -0.584. The molecule has 2 aromatic rings. The predicted molar refractivity (Wildman–Crippen MR) is 109 cm³/mol. The highest BCUT2D eigenvalue weighted by Crippen LogP contribution is 2.20. The van der Waals surface area contributed by atoms with Gasteiger partial charge in [-0.15, -0.1) is 11.3 Å². The van der Waals surface area contributed by atoms with Gasteiger partial charge in [0.1, 0.15) is 0 Å². The summed E-state index contributed by atoms with van der Waals surface area (Å²) in [4.78, 5) is 3.52. The normalized spacial score (nSPS) is 17.9. The highest BCUT2D eigenvalue weighted by Gasteiger charge is 2.29. The molecule has 9 heteroatoms. The molecule has 0 amide bonds. The molecule has 0 radical (unpaired) electrons. The van der Waals surface area contributed by atoms with E-state index in [2.05, 4.69) is 20.8 Å². The van der Waals surface area contributed by atoms with Gasteiger partial charge in [-0.25, -0.2) is 8.42 Å². The number of piperazine rings is 1. The van der Waals surface area contributed by atoms with Crippen LogP contribution in [-0.4, -0.2) is 68.2 Å². The smallest absolute Gasteiger partial charge is 0.243 e. The number of β-amino-alcohol motifs (C(OH)–C–C–N with tert-alkyl or cyclic N) is 1. The third-order valence-electron chi connectivity index (χ3n) is 4.39. The van der Waals surface area contributed by atoms with Gasteiger partial charge in [-0.05, 0) is 35.7 Å². The van der Waals surface area contributed by atoms with Gasteiger partial charge in [0.15, 0.2) is 0 Å². The Morgan fingerprint density at radius 2 is 1.85 bits per heavy atom. The molecule has 0 saturated carbocycles. The number of ether oxygens (including phenoxy) is 1. The molecule has 0 unspecified atom stereocenters. The second kappa shape index (κ2) is 9.60. The van der Waals surface area contributed by atoms with Gasteiger partial charge in [0, 0.05) is 42.1 Å². The van der Waals surface area contributed by atoms with E-state index in [1.165, 1.54) is 4.31 Å². The van der Waals surface area contributed by atoms with Crippen LogP contribution in [0.15, 0.2) is 51.1 Å². The van der Waals surface area contributed by atoms with E-state index < -0.39 is 16.1 Å². The third-order valence-corrected chi connectivity index (χ3v) is 7.68. The van der Waals surface area contributed by atoms with Crippen LogP contribution in [0.1, 0.15) is 4.88 Å². The third kappa shape index (κ3) is 5.83. The maximum atomic E-state index is 12.7. The largest absolute Gasteiger partial charge is 0.389 e. The predicted octanol–water partition coefficient (Wildman–Crippen LogP) is 2.39. The number of aliphatic hydroxyl groups excluding tert-OH is 1. The second-order valence-corrected chi connectivity index (χ2v) is 10.3. The van der Waals surface area contributed by atoms with Crippen molar-refractivity contribution in [3.63, 3.8) is 0 Å². The number of hydrogen-bond donors (Lipinski definition) is 1. The van der Waals surface area contributed by atoms with Crippen molar-refractivity contribution in [2.24, 2.45) is 0 Å². The van der Waals surface area contributed by atoms with Crippen molar-refractivity contribution in [2.45, 2.75) is 17.6 Å². The molecule has 1 atom stereocenters. The minimum absolute atomic E-state index is 0.273. The number of halogens is 1. The summed E-state index contributed by atoms with van der Waals surface area (Å²) in [6.45, 7) is 3.29. The number of sulfonamides is 1. The Labute approximate surface area is 172 Å². The molecule has 6 nitrogen and oxygen atoms in total. The van der Waals surface area contributed by atoms with Gasteiger partial charge in [-0.2, -0.15) is 4.31 Å². The molecule has 0 spiro atoms. The molecule has 1 aliphatic rings. The zero-order chi connectivity index (χ0) is 19.3. The first-order valence-corrected chi connectivity index (χ1v) is 11.8. The van der Waals surface area contributed by atoms with E-state index in [1.54, 1.807) is 35.6 Å². The Balaban J connectivity index is 1.43. The monoisotopic (exact) mass is 474 g/mol. The molecule has 1 aromatic carbocycles. The maximum absolute atomic E-state index is 12.7. The van der Waals surface area contributed by atoms with Gasteiger partial charge in [-0.3, -0.25) is 4.90 Å². The van der Waals surface area contributed by atoms with Gasteiger partial charge in [-0.1, -0.05) is 22.0 Å². The van der Waals surface area contributed by atoms with Crippen LogP contribution in [0.5, 0.6) is 0 Å². The van der Waals surface area contributed by atoms with Gasteiger partial charge in [0.05, 0.1) is 24.2 Å². The van der Waals surface area contributed by atoms with Crippen LogP contribution in [0.3, 0.4) is 0 Å². The van der Waals surface area contributed by atoms with E-state index in [1.807, 2.05) is 17.5 Å². The SMILES string of the molecule is O=S(=O)(c1ccc(Br)cc1)N1CCN(C[C@H](O)COCc2cccs2)CC1. The van der Waals surface area contributed by atoms with Gasteiger partial charge in [0.25, 0.3) is 0 Å². The Kier molecular flexibility index (Phi) is 7.43. The molecule has 1 aliphatic heterocycles. The first kappa shape index (κ1) is 20.9. The van der Waals surface area contributed by atoms with Crippen molar-refractivity contribution >= 4 is 37.3 Å². The van der Waals surface area contributed by atoms with Crippen LogP contribution in [-0.2, 0) is 21.4 Å². The summed E-state index contributed by atoms with van der Waals surface area (Å²) in [7, 11) is -3.47. The summed E-state index contributed by atoms with van der Waals surface area (Å²) in [6, 6.07) is 10.7. The second-order valence-electron chi connectivity index (χ2n) is 6.41. The molecule has 0 bridgehead atoms. The van der Waals surface area contributed by atoms with E-state index >= 15 is 0 Å². The van der Waals surface area contributed by atoms with E-state index in [4.69, 9.17) is 4.74 Å². The Bertz CT molecular complexity index is 804. The molecule has 2 heterocycles. The lowest BCUT2D eigenvalue weighted by Crippen LogP contribution is -2.50. The first-order chi connectivity index (χ1) is 12.9. The van der Waals surface area contributed by atoms with Crippen LogP contribution in [0.4, 0.5) is 0 Å². The summed E-state index contributed by atoms with van der Waals surface area (Å²) < 4.78 is 33.3. The average Bonchev–Trinajstić information content (AvgIpc) is 3.16. The lowest BCUT2D eigenvalue weighted by Gasteiger charge is -2.34. The molecule has 1 saturated heterocycles. The van der Waals surface area contributed by atoms with Crippen molar-refractivity contribution in [2.75, 3.05) is 39.3 Å². The van der Waals surface area contributed by atoms with Gasteiger partial charge in [0.2, 0.25) is 10.0 Å². The molecule has 1 aromatic heterocycles. The highest BCUT2D eigenvalue weighted by atomic mass is 79.9. The van der Waals surface area contributed by atoms with Gasteiger partial charge < -0.3 is 9.84 Å². The van der Waals surface area contributed by atoms with E-state index in [0.717, 1.165) is 9.35 Å². The fourth-order valence-electron chi connectivity index (χ4n) is 2.95. The quantitative estimate of drug-likeness (QED) is 0.635. The lowest BCUT2D eigenvalue weighted by molar-refractivity contribution is 0.00611. The van der Waals surface area contributed by atoms with Crippen LogP contribution < -0.4 is 0 Å². The van der Waals surface area contributed by atoms with E-state index in [0.29, 0.717) is 44.2 Å². The molecule has 0 aliphatic carbocycles. The molecular formula is C18H23BrN2O4S2. The number of benzene rings is 1. The van der Waals surface area contributed by atoms with Crippen LogP contribution >= 0.6 is 27.3 Å². The van der Waals surface area contributed by atoms with Crippen molar-refractivity contribution in [3.05, 3.63) is 51.1 Å². The van der Waals surface area contributed by atoms with E-state index in [9.17, 15) is 13.5 Å². The van der Waals surface area contributed by atoms with Crippen molar-refractivity contribution < 1.29 is 18.3 Å². The number of hydrogen-bond acceptors (Lipinski definition) is 6. The highest BCUT2D eigenvalue weighted by molar-refractivity contribution is 9.10. The summed E-state index contributed by atoms with van der Waals surface area (Å²) >= 11 is 4.95. The summed E-state index contributed by atoms with van der Waals surface area (Å²) in [5.41, 5.74) is 0. The fraction of sp³-hybridized carbons (Fsp3) is 0.444. The Morgan fingerprint density at radius 3 is 2.48 bits per heavy atom. The molecule has 1 fully saturated rings. The minimum atomic E-state index is -3.47. The first-order valence-electron chi connectivity index (χ1n) is 8.71. The van der Waals surface area contributed by atoms with Crippen LogP contribution in [0, 0.1) is 0 Å². The topological polar surface area (TPSA) is 70.1 Å². The lowest BCUT2D eigenvalue weighted by atomic mass is 10.3. The Hall–Kier alpha value is -0.810. The zero-order valence-electron chi connectivity index (χ0n) is 14.8. The summed E-state index contributed by atoms with van der Waals surface area (Å²) in [5.74, 6) is 0. The number of nitrogens with zero attached hydrogens (tertiary/aromatic N) is 2. The molecular weight excluding hydrogens is 452 g/mol. The van der Waals surface area contributed by atoms with E-state index in [-0.39, 0.29) is 6.61 Å². The van der Waals surface area contributed by atoms with Crippen molar-refractivity contribution in [1.29, 1.82) is 0 Å². The maximum Gasteiger partial charge on any atom is 0.243 e. The number of aliphatic hydroxyl groups is 1. The molecule has 3 rings (SSSR count). The number of rotatable bonds is 8. The van der Waals surface area contributed by atoms with Crippen LogP contribution in [0.2, 0.25) is 0 Å². The van der Waals surface area contributed by atoms with Gasteiger partial charge >= 0.3 is 0 Å². The fourth-order valence-corrected chi connectivity index (χ4v) is 5.28. The Morgan fingerprint density at radius 1 is 1.15 bits per heavy atom. The molecule has 27 heavy (non-hydrogen) atoms. The van der Waals surface area contributed by atoms with Crippen molar-refractivity contribution in [1.82, 2.24) is 9.21 Å². The standard InChI is InChI=1S/C18H23BrN2O4S2/c19-15-3-5-18(6-4-15)27(23,24)21-9-7-20(8-10-21)12-16(22)13-25-14-17-2-1-11-26-17/h1-6,11,16,22H,7-10,12-14H2/t16-/m0/s1. The minimum Gasteiger partial charge on any atom is -0.389 e. The average molecular weight is 475 g/mol. The molecule has 148 valence electrons. The summed E-state index contributed by atoms with van der Waals surface area (Å²) in [5, 5.41) is 12.2. The molecule has 1 N–H and O–H groups in total. The van der Waals surface area contributed by atoms with Crippen molar-refractivity contribution in [3.8, 4) is 0 Å². The number of thiophene rings is 1. The van der Waals surface area contributed by atoms with Crippen LogP contribution in [0.25, 0.3) is 0 Å².